The molecule has 0 atom stereocenters. The van der Waals surface area contributed by atoms with E-state index < -0.39 is 0 Å². The molecule has 26 heavy (non-hydrogen) atoms. The van der Waals surface area contributed by atoms with E-state index >= 15 is 0 Å². The summed E-state index contributed by atoms with van der Waals surface area (Å²) in [6, 6.07) is 13.1. The van der Waals surface area contributed by atoms with Crippen LogP contribution in [0, 0.1) is 0 Å². The van der Waals surface area contributed by atoms with Crippen LogP contribution in [-0.2, 0) is 6.61 Å². The summed E-state index contributed by atoms with van der Waals surface area (Å²) in [5.41, 5.74) is 1.59. The third kappa shape index (κ3) is 3.36. The second-order valence-electron chi connectivity index (χ2n) is 5.37. The fourth-order valence-electron chi connectivity index (χ4n) is 2.44. The van der Waals surface area contributed by atoms with Gasteiger partial charge in [0, 0.05) is 10.0 Å². The van der Waals surface area contributed by atoms with Crippen LogP contribution in [0.4, 0.5) is 0 Å². The van der Waals surface area contributed by atoms with Gasteiger partial charge in [0.25, 0.3) is 5.89 Å². The molecule has 0 N–H and O–H groups in total. The lowest BCUT2D eigenvalue weighted by molar-refractivity contribution is 0.238. The molecule has 0 saturated carbocycles. The van der Waals surface area contributed by atoms with Gasteiger partial charge in [-0.3, -0.25) is 0 Å². The Morgan fingerprint density at radius 3 is 2.92 bits per heavy atom. The van der Waals surface area contributed by atoms with E-state index in [0.29, 0.717) is 17.6 Å². The van der Waals surface area contributed by atoms with Crippen molar-refractivity contribution in [2.75, 3.05) is 7.11 Å². The molecule has 2 aromatic carbocycles. The van der Waals surface area contributed by atoms with E-state index in [9.17, 15) is 0 Å². The van der Waals surface area contributed by atoms with E-state index in [1.54, 1.807) is 7.11 Å². The lowest BCUT2D eigenvalue weighted by Gasteiger charge is -2.05. The molecule has 0 unspecified atom stereocenters. The number of ether oxygens (including phenoxy) is 2. The van der Waals surface area contributed by atoms with Crippen LogP contribution < -0.4 is 9.47 Å². The van der Waals surface area contributed by atoms with Gasteiger partial charge in [-0.2, -0.15) is 4.98 Å². The molecule has 0 radical (unpaired) electrons. The molecule has 0 aliphatic carbocycles. The predicted molar refractivity (Wildman–Crippen MR) is 97.9 cm³/mol. The van der Waals surface area contributed by atoms with Crippen LogP contribution in [-0.4, -0.2) is 27.2 Å². The zero-order valence-electron chi connectivity index (χ0n) is 13.7. The molecule has 0 amide bonds. The zero-order valence-corrected chi connectivity index (χ0v) is 15.3. The number of methoxy groups -OCH3 is 1. The Balaban J connectivity index is 1.54. The Morgan fingerprint density at radius 2 is 2.04 bits per heavy atom. The first-order valence-corrected chi connectivity index (χ1v) is 8.52. The van der Waals surface area contributed by atoms with E-state index in [1.165, 1.54) is 6.33 Å². The molecule has 4 rings (SSSR count). The van der Waals surface area contributed by atoms with Crippen molar-refractivity contribution in [2.24, 2.45) is 0 Å². The molecule has 0 bridgehead atoms. The lowest BCUT2D eigenvalue weighted by Crippen LogP contribution is -1.99. The van der Waals surface area contributed by atoms with Gasteiger partial charge in [0.15, 0.2) is 6.61 Å². The molecule has 0 aliphatic rings. The third-order valence-electron chi connectivity index (χ3n) is 3.69. The third-order valence-corrected chi connectivity index (χ3v) is 4.18. The van der Waals surface area contributed by atoms with Gasteiger partial charge >= 0.3 is 0 Å². The Hall–Kier alpha value is -3.00. The number of fused-ring (bicyclic) bond motifs is 1. The summed E-state index contributed by atoms with van der Waals surface area (Å²) in [5.74, 6) is 2.00. The van der Waals surface area contributed by atoms with E-state index in [-0.39, 0.29) is 6.61 Å². The maximum absolute atomic E-state index is 5.76. The minimum atomic E-state index is 0.107. The molecule has 7 nitrogen and oxygen atoms in total. The van der Waals surface area contributed by atoms with Gasteiger partial charge in [-0.1, -0.05) is 33.2 Å². The number of hydrogen-bond donors (Lipinski definition) is 0. The average molecular weight is 413 g/mol. The number of rotatable bonds is 5. The van der Waals surface area contributed by atoms with Crippen molar-refractivity contribution in [1.82, 2.24) is 20.1 Å². The average Bonchev–Trinajstić information content (AvgIpc) is 3.15. The lowest BCUT2D eigenvalue weighted by atomic mass is 10.2. The van der Waals surface area contributed by atoms with E-state index in [1.807, 2.05) is 42.5 Å². The van der Waals surface area contributed by atoms with Gasteiger partial charge in [-0.05, 0) is 30.3 Å². The van der Waals surface area contributed by atoms with Gasteiger partial charge in [-0.15, -0.1) is 0 Å². The van der Waals surface area contributed by atoms with Crippen molar-refractivity contribution < 1.29 is 14.0 Å². The van der Waals surface area contributed by atoms with Crippen LogP contribution >= 0.6 is 15.9 Å². The first kappa shape index (κ1) is 16.5. The summed E-state index contributed by atoms with van der Waals surface area (Å²) < 4.78 is 17.2. The SMILES string of the molecule is COc1cccc(-c2noc(COc3ncnc4ccc(Br)cc34)n2)c1. The summed E-state index contributed by atoms with van der Waals surface area (Å²) in [5, 5.41) is 4.79. The number of hydrogen-bond acceptors (Lipinski definition) is 7. The first-order chi connectivity index (χ1) is 12.7. The van der Waals surface area contributed by atoms with Crippen molar-refractivity contribution in [1.29, 1.82) is 0 Å². The first-order valence-electron chi connectivity index (χ1n) is 7.73. The summed E-state index contributed by atoms with van der Waals surface area (Å²) >= 11 is 3.44. The second kappa shape index (κ2) is 7.09. The molecule has 8 heteroatoms. The zero-order chi connectivity index (χ0) is 17.9. The van der Waals surface area contributed by atoms with Crippen molar-refractivity contribution >= 4 is 26.8 Å². The van der Waals surface area contributed by atoms with Crippen LogP contribution in [0.3, 0.4) is 0 Å². The molecular weight excluding hydrogens is 400 g/mol. The normalized spacial score (nSPS) is 10.8. The van der Waals surface area contributed by atoms with Crippen LogP contribution in [0.25, 0.3) is 22.3 Å². The second-order valence-corrected chi connectivity index (χ2v) is 6.29. The highest BCUT2D eigenvalue weighted by molar-refractivity contribution is 9.10. The smallest absolute Gasteiger partial charge is 0.264 e. The van der Waals surface area contributed by atoms with Gasteiger partial charge in [-0.25, -0.2) is 9.97 Å². The van der Waals surface area contributed by atoms with Crippen LogP contribution in [0.5, 0.6) is 11.6 Å². The molecule has 0 aliphatic heterocycles. The van der Waals surface area contributed by atoms with Crippen LogP contribution in [0.15, 0.2) is 57.8 Å². The topological polar surface area (TPSA) is 83.2 Å². The maximum Gasteiger partial charge on any atom is 0.264 e. The minimum Gasteiger partial charge on any atom is -0.497 e. The standard InChI is InChI=1S/C18H13BrN4O3/c1-24-13-4-2-3-11(7-13)17-22-16(26-23-17)9-25-18-14-8-12(19)5-6-15(14)20-10-21-18/h2-8,10H,9H2,1H3. The Bertz CT molecular complexity index is 1070. The van der Waals surface area contributed by atoms with Crippen LogP contribution in [0.1, 0.15) is 5.89 Å². The number of halogens is 1. The monoisotopic (exact) mass is 412 g/mol. The maximum atomic E-state index is 5.76. The molecule has 0 fully saturated rings. The molecule has 0 spiro atoms. The molecule has 0 saturated heterocycles. The number of nitrogens with zero attached hydrogens (tertiary/aromatic N) is 4. The van der Waals surface area contributed by atoms with Gasteiger partial charge in [0.1, 0.15) is 12.1 Å². The van der Waals surface area contributed by atoms with E-state index in [0.717, 1.165) is 26.7 Å². The van der Waals surface area contributed by atoms with Gasteiger partial charge in [0.05, 0.1) is 18.0 Å². The van der Waals surface area contributed by atoms with Crippen molar-refractivity contribution in [3.05, 3.63) is 59.2 Å². The fraction of sp³-hybridized carbons (Fsp3) is 0.111. The summed E-state index contributed by atoms with van der Waals surface area (Å²) in [4.78, 5) is 12.8. The Kier molecular flexibility index (Phi) is 4.49. The summed E-state index contributed by atoms with van der Waals surface area (Å²) in [6.45, 7) is 0.107. The predicted octanol–water partition coefficient (Wildman–Crippen LogP) is 4.03. The minimum absolute atomic E-state index is 0.107. The van der Waals surface area contributed by atoms with Crippen molar-refractivity contribution in [3.63, 3.8) is 0 Å². The van der Waals surface area contributed by atoms with Gasteiger partial charge < -0.3 is 14.0 Å². The summed E-state index contributed by atoms with van der Waals surface area (Å²) in [6.07, 6.45) is 1.46. The Morgan fingerprint density at radius 1 is 1.12 bits per heavy atom. The van der Waals surface area contributed by atoms with E-state index in [2.05, 4.69) is 36.0 Å². The van der Waals surface area contributed by atoms with Gasteiger partial charge in [0.2, 0.25) is 11.7 Å². The van der Waals surface area contributed by atoms with Crippen molar-refractivity contribution in [2.45, 2.75) is 6.61 Å². The highest BCUT2D eigenvalue weighted by Gasteiger charge is 2.12. The summed E-state index contributed by atoms with van der Waals surface area (Å²) in [7, 11) is 1.61. The number of aromatic nitrogens is 4. The van der Waals surface area contributed by atoms with Crippen molar-refractivity contribution in [3.8, 4) is 23.0 Å². The number of benzene rings is 2. The Labute approximate surface area is 157 Å². The largest absolute Gasteiger partial charge is 0.497 e. The highest BCUT2D eigenvalue weighted by atomic mass is 79.9. The molecule has 130 valence electrons. The molecular formula is C18H13BrN4O3. The van der Waals surface area contributed by atoms with E-state index in [4.69, 9.17) is 14.0 Å². The van der Waals surface area contributed by atoms with Crippen LogP contribution in [0.2, 0.25) is 0 Å². The molecule has 4 aromatic rings. The fourth-order valence-corrected chi connectivity index (χ4v) is 2.80. The highest BCUT2D eigenvalue weighted by Crippen LogP contribution is 2.26. The quantitative estimate of drug-likeness (QED) is 0.489. The molecule has 2 heterocycles. The molecule has 2 aromatic heterocycles.